The zero-order valence-electron chi connectivity index (χ0n) is 14.7. The van der Waals surface area contributed by atoms with Crippen LogP contribution in [0.25, 0.3) is 22.2 Å². The van der Waals surface area contributed by atoms with Crippen molar-refractivity contribution in [2.45, 2.75) is 24.4 Å². The number of nitriles is 1. The topological polar surface area (TPSA) is 93.4 Å². The fourth-order valence-electron chi connectivity index (χ4n) is 2.58. The second-order valence-electron chi connectivity index (χ2n) is 5.65. The summed E-state index contributed by atoms with van der Waals surface area (Å²) in [6.07, 6.45) is 0. The summed E-state index contributed by atoms with van der Waals surface area (Å²) < 4.78 is 7.35. The molecule has 4 rings (SSSR count). The van der Waals surface area contributed by atoms with E-state index >= 15 is 0 Å². The number of rotatable bonds is 6. The van der Waals surface area contributed by atoms with Crippen LogP contribution in [-0.2, 0) is 12.3 Å². The number of hydrogen-bond acceptors (Lipinski definition) is 8. The molecule has 0 aliphatic carbocycles. The molecule has 0 unspecified atom stereocenters. The molecule has 3 aromatic heterocycles. The van der Waals surface area contributed by atoms with Gasteiger partial charge in [0.2, 0.25) is 0 Å². The minimum atomic E-state index is 0.385. The van der Waals surface area contributed by atoms with Crippen LogP contribution in [0.4, 0.5) is 0 Å². The van der Waals surface area contributed by atoms with Gasteiger partial charge in [-0.25, -0.2) is 0 Å². The van der Waals surface area contributed by atoms with E-state index in [-0.39, 0.29) is 0 Å². The first kappa shape index (κ1) is 18.7. The lowest BCUT2D eigenvalue weighted by Crippen LogP contribution is -1.99. The third kappa shape index (κ3) is 3.67. The molecule has 0 bridgehead atoms. The predicted octanol–water partition coefficient (Wildman–Crippen LogP) is 4.89. The van der Waals surface area contributed by atoms with Crippen molar-refractivity contribution in [3.63, 3.8) is 0 Å². The van der Waals surface area contributed by atoms with Crippen molar-refractivity contribution in [2.75, 3.05) is 0 Å². The van der Waals surface area contributed by atoms with Gasteiger partial charge in [-0.15, -0.1) is 21.5 Å². The molecule has 0 saturated heterocycles. The van der Waals surface area contributed by atoms with E-state index in [0.717, 1.165) is 22.4 Å². The van der Waals surface area contributed by atoms with Crippen molar-refractivity contribution in [1.29, 1.82) is 5.26 Å². The Morgan fingerprint density at radius 3 is 2.96 bits per heavy atom. The molecule has 4 aromatic rings. The molecule has 0 radical (unpaired) electrons. The Bertz CT molecular complexity index is 1160. The van der Waals surface area contributed by atoms with Gasteiger partial charge >= 0.3 is 0 Å². The summed E-state index contributed by atoms with van der Waals surface area (Å²) in [5.41, 5.74) is 1.26. The average molecular weight is 429 g/mol. The number of halogens is 1. The number of thiophene rings is 1. The second kappa shape index (κ2) is 8.14. The monoisotopic (exact) mass is 428 g/mol. The maximum atomic E-state index is 9.02. The summed E-state index contributed by atoms with van der Waals surface area (Å²) in [4.78, 5) is 5.32. The Labute approximate surface area is 174 Å². The first-order chi connectivity index (χ1) is 13.7. The Balaban J connectivity index is 1.51. The van der Waals surface area contributed by atoms with Gasteiger partial charge in [-0.05, 0) is 36.6 Å². The van der Waals surface area contributed by atoms with Crippen LogP contribution in [0, 0.1) is 11.3 Å². The lowest BCUT2D eigenvalue weighted by molar-refractivity contribution is 0.425. The quantitative estimate of drug-likeness (QED) is 0.403. The van der Waals surface area contributed by atoms with E-state index in [2.05, 4.69) is 26.4 Å². The molecule has 0 aliphatic rings. The molecule has 7 nitrogen and oxygen atoms in total. The lowest BCUT2D eigenvalue weighted by atomic mass is 10.1. The van der Waals surface area contributed by atoms with E-state index in [1.807, 2.05) is 29.0 Å². The molecule has 0 N–H and O–H groups in total. The summed E-state index contributed by atoms with van der Waals surface area (Å²) >= 11 is 9.25. The second-order valence-corrected chi connectivity index (χ2v) is 7.91. The van der Waals surface area contributed by atoms with Crippen molar-refractivity contribution in [3.05, 3.63) is 52.1 Å². The molecular formula is C18H13ClN6OS2. The van der Waals surface area contributed by atoms with Crippen LogP contribution in [0.1, 0.15) is 18.3 Å². The standard InChI is InChI=1S/C18H13ClN6OS2/c1-2-25-16(15-13(19)6-7-27-15)22-23-18(25)28-10-14-21-17(26-24-14)12-5-3-4-11(8-12)9-20/h3-8H,2,10H2,1H3. The van der Waals surface area contributed by atoms with Gasteiger partial charge in [0.25, 0.3) is 5.89 Å². The Morgan fingerprint density at radius 1 is 1.32 bits per heavy atom. The van der Waals surface area contributed by atoms with E-state index in [9.17, 15) is 0 Å². The highest BCUT2D eigenvalue weighted by Crippen LogP contribution is 2.34. The summed E-state index contributed by atoms with van der Waals surface area (Å²) in [6.45, 7) is 2.75. The molecule has 0 fully saturated rings. The van der Waals surface area contributed by atoms with E-state index < -0.39 is 0 Å². The largest absolute Gasteiger partial charge is 0.334 e. The van der Waals surface area contributed by atoms with Crippen molar-refractivity contribution in [2.24, 2.45) is 0 Å². The summed E-state index contributed by atoms with van der Waals surface area (Å²) in [6, 6.07) is 11.0. The summed E-state index contributed by atoms with van der Waals surface area (Å²) in [7, 11) is 0. The highest BCUT2D eigenvalue weighted by atomic mass is 35.5. The molecular weight excluding hydrogens is 416 g/mol. The predicted molar refractivity (Wildman–Crippen MR) is 108 cm³/mol. The van der Waals surface area contributed by atoms with Gasteiger partial charge in [-0.1, -0.05) is 34.6 Å². The van der Waals surface area contributed by atoms with Crippen molar-refractivity contribution in [1.82, 2.24) is 24.9 Å². The molecule has 3 heterocycles. The summed E-state index contributed by atoms with van der Waals surface area (Å²) in [5.74, 6) is 2.17. The zero-order chi connectivity index (χ0) is 19.5. The molecule has 140 valence electrons. The Morgan fingerprint density at radius 2 is 2.21 bits per heavy atom. The maximum absolute atomic E-state index is 9.02. The van der Waals surface area contributed by atoms with E-state index in [1.165, 1.54) is 23.1 Å². The smallest absolute Gasteiger partial charge is 0.257 e. The molecule has 0 amide bonds. The van der Waals surface area contributed by atoms with Gasteiger partial charge in [0.1, 0.15) is 0 Å². The van der Waals surface area contributed by atoms with Crippen LogP contribution in [-0.4, -0.2) is 24.9 Å². The number of aromatic nitrogens is 5. The van der Waals surface area contributed by atoms with Crippen LogP contribution < -0.4 is 0 Å². The fraction of sp³-hybridized carbons (Fsp3) is 0.167. The van der Waals surface area contributed by atoms with Crippen LogP contribution in [0.3, 0.4) is 0 Å². The minimum Gasteiger partial charge on any atom is -0.334 e. The number of benzene rings is 1. The molecule has 0 atom stereocenters. The minimum absolute atomic E-state index is 0.385. The van der Waals surface area contributed by atoms with Gasteiger partial charge in [-0.2, -0.15) is 10.2 Å². The highest BCUT2D eigenvalue weighted by Gasteiger charge is 2.18. The number of hydrogen-bond donors (Lipinski definition) is 0. The van der Waals surface area contributed by atoms with Gasteiger partial charge < -0.3 is 9.09 Å². The number of thioether (sulfide) groups is 1. The zero-order valence-corrected chi connectivity index (χ0v) is 17.1. The van der Waals surface area contributed by atoms with E-state index in [4.69, 9.17) is 21.4 Å². The van der Waals surface area contributed by atoms with E-state index in [0.29, 0.717) is 33.6 Å². The normalized spacial score (nSPS) is 10.9. The first-order valence-electron chi connectivity index (χ1n) is 8.32. The first-order valence-corrected chi connectivity index (χ1v) is 10.6. The SMILES string of the molecule is CCn1c(SCc2noc(-c3cccc(C#N)c3)n2)nnc1-c1sccc1Cl. The van der Waals surface area contributed by atoms with Crippen LogP contribution in [0.2, 0.25) is 5.02 Å². The van der Waals surface area contributed by atoms with Crippen molar-refractivity contribution in [3.8, 4) is 28.2 Å². The van der Waals surface area contributed by atoms with Crippen molar-refractivity contribution < 1.29 is 4.52 Å². The fourth-order valence-corrected chi connectivity index (χ4v) is 4.56. The van der Waals surface area contributed by atoms with Gasteiger partial charge in [0.05, 0.1) is 27.3 Å². The van der Waals surface area contributed by atoms with Crippen LogP contribution >= 0.6 is 34.7 Å². The third-order valence-electron chi connectivity index (χ3n) is 3.89. The maximum Gasteiger partial charge on any atom is 0.257 e. The lowest BCUT2D eigenvalue weighted by Gasteiger charge is -2.05. The van der Waals surface area contributed by atoms with Gasteiger partial charge in [0.15, 0.2) is 16.8 Å². The average Bonchev–Trinajstić information content (AvgIpc) is 3.45. The summed E-state index contributed by atoms with van der Waals surface area (Å²) in [5, 5.41) is 25.0. The Hall–Kier alpha value is -2.67. The van der Waals surface area contributed by atoms with Crippen LogP contribution in [0.5, 0.6) is 0 Å². The molecule has 28 heavy (non-hydrogen) atoms. The third-order valence-corrected chi connectivity index (χ3v) is 6.19. The van der Waals surface area contributed by atoms with Crippen LogP contribution in [0.15, 0.2) is 45.4 Å². The van der Waals surface area contributed by atoms with Crippen molar-refractivity contribution >= 4 is 34.7 Å². The molecule has 1 aromatic carbocycles. The molecule has 0 saturated carbocycles. The van der Waals surface area contributed by atoms with E-state index in [1.54, 1.807) is 18.2 Å². The molecule has 0 spiro atoms. The van der Waals surface area contributed by atoms with Gasteiger partial charge in [0, 0.05) is 12.1 Å². The highest BCUT2D eigenvalue weighted by molar-refractivity contribution is 7.98. The molecule has 10 heteroatoms. The molecule has 0 aliphatic heterocycles. The number of nitrogens with zero attached hydrogens (tertiary/aromatic N) is 6. The Kier molecular flexibility index (Phi) is 5.43. The van der Waals surface area contributed by atoms with Gasteiger partial charge in [-0.3, -0.25) is 0 Å².